The van der Waals surface area contributed by atoms with Gasteiger partial charge in [0.1, 0.15) is 0 Å². The van der Waals surface area contributed by atoms with Gasteiger partial charge in [0.05, 0.1) is 0 Å². The molecule has 0 aliphatic carbocycles. The Labute approximate surface area is 267 Å². The number of unbranched alkanes of at least 4 members (excludes halogenated alkanes) is 8. The highest BCUT2D eigenvalue weighted by molar-refractivity contribution is 5.79. The van der Waals surface area contributed by atoms with Crippen LogP contribution < -0.4 is 0 Å². The van der Waals surface area contributed by atoms with Crippen LogP contribution in [0.4, 0.5) is 0 Å². The largest absolute Gasteiger partial charge is 0.0654 e. The van der Waals surface area contributed by atoms with Gasteiger partial charge in [-0.25, -0.2) is 0 Å². The van der Waals surface area contributed by atoms with E-state index in [0.29, 0.717) is 0 Å². The molecule has 5 aromatic rings. The van der Waals surface area contributed by atoms with E-state index in [4.69, 9.17) is 0 Å². The lowest BCUT2D eigenvalue weighted by atomic mass is 9.86. The topological polar surface area (TPSA) is 0 Å². The van der Waals surface area contributed by atoms with Crippen molar-refractivity contribution in [3.8, 4) is 44.5 Å². The molecule has 44 heavy (non-hydrogen) atoms. The van der Waals surface area contributed by atoms with Gasteiger partial charge in [0, 0.05) is 0 Å². The van der Waals surface area contributed by atoms with Gasteiger partial charge in [-0.2, -0.15) is 0 Å². The SMILES string of the molecule is CCCCCCCc1cc(-c2ccc(-c3ccccc3)cc2)c(CCCCCCC)cc1-c1ccc(-c2ccccc2)cc1. The summed E-state index contributed by atoms with van der Waals surface area (Å²) in [6.07, 6.45) is 15.3. The Hall–Kier alpha value is -3.90. The molecule has 0 radical (unpaired) electrons. The molecule has 0 heterocycles. The molecule has 5 aromatic carbocycles. The van der Waals surface area contributed by atoms with Crippen LogP contribution >= 0.6 is 0 Å². The third-order valence-corrected chi connectivity index (χ3v) is 9.03. The maximum atomic E-state index is 2.55. The summed E-state index contributed by atoms with van der Waals surface area (Å²) in [6, 6.07) is 45.2. The van der Waals surface area contributed by atoms with Gasteiger partial charge < -0.3 is 0 Å². The van der Waals surface area contributed by atoms with Gasteiger partial charge >= 0.3 is 0 Å². The summed E-state index contributed by atoms with van der Waals surface area (Å²) in [6.45, 7) is 4.60. The first-order valence-corrected chi connectivity index (χ1v) is 17.2. The molecular formula is C44H50. The molecule has 0 unspecified atom stereocenters. The predicted molar refractivity (Wildman–Crippen MR) is 193 cm³/mol. The molecular weight excluding hydrogens is 528 g/mol. The fourth-order valence-corrected chi connectivity index (χ4v) is 6.42. The van der Waals surface area contributed by atoms with Crippen LogP contribution in [0.5, 0.6) is 0 Å². The van der Waals surface area contributed by atoms with Gasteiger partial charge in [0.25, 0.3) is 0 Å². The Morgan fingerprint density at radius 1 is 0.318 bits per heavy atom. The molecule has 0 atom stereocenters. The summed E-state index contributed by atoms with van der Waals surface area (Å²) < 4.78 is 0. The fraction of sp³-hybridized carbons (Fsp3) is 0.318. The zero-order chi connectivity index (χ0) is 30.4. The molecule has 226 valence electrons. The standard InChI is InChI=1S/C44H50/c1-3-5-7-9-13-23-41-33-44(40-31-27-38(28-32-40)36-21-17-12-18-22-36)42(24-14-10-8-6-4-2)34-43(41)39-29-25-37(26-30-39)35-19-15-11-16-20-35/h11-12,15-22,25-34H,3-10,13-14,23-24H2,1-2H3. The lowest BCUT2D eigenvalue weighted by Gasteiger charge is -2.18. The van der Waals surface area contributed by atoms with Gasteiger partial charge in [-0.1, -0.05) is 187 Å². The van der Waals surface area contributed by atoms with Gasteiger partial charge in [0.15, 0.2) is 0 Å². The highest BCUT2D eigenvalue weighted by Gasteiger charge is 2.14. The Kier molecular flexibility index (Phi) is 12.0. The average molecular weight is 579 g/mol. The number of rotatable bonds is 16. The van der Waals surface area contributed by atoms with Crippen LogP contribution in [0.25, 0.3) is 44.5 Å². The molecule has 0 nitrogen and oxygen atoms in total. The van der Waals surface area contributed by atoms with E-state index < -0.39 is 0 Å². The summed E-state index contributed by atoms with van der Waals surface area (Å²) in [5, 5.41) is 0. The lowest BCUT2D eigenvalue weighted by molar-refractivity contribution is 0.630. The minimum atomic E-state index is 1.13. The van der Waals surface area contributed by atoms with Crippen LogP contribution in [0.1, 0.15) is 89.2 Å². The second-order valence-electron chi connectivity index (χ2n) is 12.4. The van der Waals surface area contributed by atoms with Crippen LogP contribution in [0.3, 0.4) is 0 Å². The van der Waals surface area contributed by atoms with Crippen molar-refractivity contribution in [1.82, 2.24) is 0 Å². The van der Waals surface area contributed by atoms with E-state index in [2.05, 4.69) is 135 Å². The maximum Gasteiger partial charge on any atom is -0.0149 e. The molecule has 0 aliphatic heterocycles. The first-order chi connectivity index (χ1) is 21.8. The van der Waals surface area contributed by atoms with E-state index in [-0.39, 0.29) is 0 Å². The Bertz CT molecular complexity index is 1410. The molecule has 0 N–H and O–H groups in total. The molecule has 0 saturated heterocycles. The third-order valence-electron chi connectivity index (χ3n) is 9.03. The second kappa shape index (κ2) is 16.8. The van der Waals surface area contributed by atoms with Crippen molar-refractivity contribution in [1.29, 1.82) is 0 Å². The Balaban J connectivity index is 1.51. The first-order valence-electron chi connectivity index (χ1n) is 17.2. The maximum absolute atomic E-state index is 2.55. The second-order valence-corrected chi connectivity index (χ2v) is 12.4. The molecule has 5 rings (SSSR count). The molecule has 0 saturated carbocycles. The monoisotopic (exact) mass is 578 g/mol. The first kappa shape index (κ1) is 31.5. The van der Waals surface area contributed by atoms with E-state index in [1.807, 2.05) is 0 Å². The Morgan fingerprint density at radius 2 is 0.636 bits per heavy atom. The molecule has 0 spiro atoms. The zero-order valence-corrected chi connectivity index (χ0v) is 27.0. The van der Waals surface area contributed by atoms with Crippen molar-refractivity contribution in [3.63, 3.8) is 0 Å². The number of hydrogen-bond donors (Lipinski definition) is 0. The van der Waals surface area contributed by atoms with Crippen molar-refractivity contribution in [3.05, 3.63) is 132 Å². The summed E-state index contributed by atoms with van der Waals surface area (Å²) in [4.78, 5) is 0. The van der Waals surface area contributed by atoms with E-state index in [9.17, 15) is 0 Å². The third kappa shape index (κ3) is 8.60. The van der Waals surface area contributed by atoms with E-state index >= 15 is 0 Å². The van der Waals surface area contributed by atoms with Crippen molar-refractivity contribution in [2.24, 2.45) is 0 Å². The Morgan fingerprint density at radius 3 is 1.00 bits per heavy atom. The predicted octanol–water partition coefficient (Wildman–Crippen LogP) is 13.4. The molecule has 0 amide bonds. The van der Waals surface area contributed by atoms with Crippen molar-refractivity contribution in [2.45, 2.75) is 90.9 Å². The van der Waals surface area contributed by atoms with E-state index in [1.165, 1.54) is 120 Å². The smallest absolute Gasteiger partial charge is 0.0149 e. The van der Waals surface area contributed by atoms with Crippen LogP contribution in [0, 0.1) is 0 Å². The summed E-state index contributed by atoms with van der Waals surface area (Å²) in [7, 11) is 0. The van der Waals surface area contributed by atoms with Gasteiger partial charge in [0.2, 0.25) is 0 Å². The molecule has 0 aromatic heterocycles. The number of hydrogen-bond acceptors (Lipinski definition) is 0. The van der Waals surface area contributed by atoms with Crippen LogP contribution in [-0.2, 0) is 12.8 Å². The van der Waals surface area contributed by atoms with Gasteiger partial charge in [-0.05, 0) is 81.3 Å². The fourth-order valence-electron chi connectivity index (χ4n) is 6.42. The normalized spacial score (nSPS) is 11.1. The van der Waals surface area contributed by atoms with Crippen LogP contribution in [0.2, 0.25) is 0 Å². The molecule has 0 heteroatoms. The van der Waals surface area contributed by atoms with Gasteiger partial charge in [-0.3, -0.25) is 0 Å². The quantitative estimate of drug-likeness (QED) is 0.102. The van der Waals surface area contributed by atoms with Crippen molar-refractivity contribution in [2.75, 3.05) is 0 Å². The van der Waals surface area contributed by atoms with Crippen LogP contribution in [-0.4, -0.2) is 0 Å². The highest BCUT2D eigenvalue weighted by Crippen LogP contribution is 2.36. The van der Waals surface area contributed by atoms with Crippen LogP contribution in [0.15, 0.2) is 121 Å². The minimum absolute atomic E-state index is 1.13. The summed E-state index contributed by atoms with van der Waals surface area (Å²) in [5.74, 6) is 0. The molecule has 0 aliphatic rings. The van der Waals surface area contributed by atoms with Crippen molar-refractivity contribution >= 4 is 0 Å². The van der Waals surface area contributed by atoms with E-state index in [1.54, 1.807) is 0 Å². The lowest BCUT2D eigenvalue weighted by Crippen LogP contribution is -1.99. The highest BCUT2D eigenvalue weighted by atomic mass is 14.2. The van der Waals surface area contributed by atoms with Gasteiger partial charge in [-0.15, -0.1) is 0 Å². The van der Waals surface area contributed by atoms with Crippen molar-refractivity contribution < 1.29 is 0 Å². The number of aryl methyl sites for hydroxylation is 2. The molecule has 0 bridgehead atoms. The summed E-state index contributed by atoms with van der Waals surface area (Å²) >= 11 is 0. The zero-order valence-electron chi connectivity index (χ0n) is 27.0. The number of benzene rings is 5. The average Bonchev–Trinajstić information content (AvgIpc) is 3.09. The minimum Gasteiger partial charge on any atom is -0.0654 e. The van der Waals surface area contributed by atoms with E-state index in [0.717, 1.165) is 12.8 Å². The molecule has 0 fully saturated rings. The summed E-state index contributed by atoms with van der Waals surface area (Å²) in [5.41, 5.74) is 13.6.